The van der Waals surface area contributed by atoms with E-state index in [-0.39, 0.29) is 11.7 Å². The normalized spacial score (nSPS) is 14.3. The summed E-state index contributed by atoms with van der Waals surface area (Å²) in [5.41, 5.74) is 2.49. The van der Waals surface area contributed by atoms with Crippen molar-refractivity contribution in [2.75, 3.05) is 5.32 Å². The maximum absolute atomic E-state index is 12.3. The highest BCUT2D eigenvalue weighted by atomic mass is 16.5. The lowest BCUT2D eigenvalue weighted by molar-refractivity contribution is -0.116. The number of carbonyl (C=O) groups excluding carboxylic acids is 3. The van der Waals surface area contributed by atoms with E-state index in [1.54, 1.807) is 49.4 Å². The topological polar surface area (TPSA) is 72.5 Å². The van der Waals surface area contributed by atoms with Crippen molar-refractivity contribution in [3.05, 3.63) is 65.2 Å². The number of aryl methyl sites for hydroxylation is 1. The molecular weight excluding hydrogens is 306 g/mol. The van der Waals surface area contributed by atoms with E-state index in [9.17, 15) is 14.4 Å². The molecule has 5 nitrogen and oxygen atoms in total. The molecule has 2 aromatic carbocycles. The molecular formula is C19H17NO4. The largest absolute Gasteiger partial charge is 0.451 e. The van der Waals surface area contributed by atoms with Gasteiger partial charge in [0.25, 0.3) is 0 Å². The lowest BCUT2D eigenvalue weighted by Gasteiger charge is -2.18. The van der Waals surface area contributed by atoms with Gasteiger partial charge in [0, 0.05) is 17.7 Å². The molecule has 0 radical (unpaired) electrons. The van der Waals surface area contributed by atoms with Crippen LogP contribution in [0.4, 0.5) is 5.69 Å². The summed E-state index contributed by atoms with van der Waals surface area (Å²) in [6.07, 6.45) is 0.116. The fourth-order valence-electron chi connectivity index (χ4n) is 2.63. The Balaban J connectivity index is 1.71. The molecule has 1 atom stereocenters. The number of hydrogen-bond acceptors (Lipinski definition) is 4. The number of Topliss-reactive ketones (excluding diaryl/α,β-unsaturated/α-hetero) is 1. The van der Waals surface area contributed by atoms with Crippen molar-refractivity contribution in [3.63, 3.8) is 0 Å². The third-order valence-electron chi connectivity index (χ3n) is 3.95. The van der Waals surface area contributed by atoms with Gasteiger partial charge >= 0.3 is 5.97 Å². The Morgan fingerprint density at radius 1 is 1.04 bits per heavy atom. The number of carbonyl (C=O) groups is 3. The summed E-state index contributed by atoms with van der Waals surface area (Å²) in [4.78, 5) is 35.9. The van der Waals surface area contributed by atoms with E-state index in [4.69, 9.17) is 4.74 Å². The molecule has 1 aliphatic rings. The van der Waals surface area contributed by atoms with Gasteiger partial charge in [0.2, 0.25) is 11.7 Å². The minimum absolute atomic E-state index is 0.0279. The second kappa shape index (κ2) is 6.66. The van der Waals surface area contributed by atoms with Crippen LogP contribution >= 0.6 is 0 Å². The number of benzene rings is 2. The number of ketones is 1. The summed E-state index contributed by atoms with van der Waals surface area (Å²) >= 11 is 0. The van der Waals surface area contributed by atoms with Crippen LogP contribution in [0, 0.1) is 0 Å². The molecule has 24 heavy (non-hydrogen) atoms. The minimum Gasteiger partial charge on any atom is -0.451 e. The Hall–Kier alpha value is -2.95. The third kappa shape index (κ3) is 3.35. The molecule has 0 bridgehead atoms. The summed E-state index contributed by atoms with van der Waals surface area (Å²) < 4.78 is 5.29. The molecule has 5 heteroatoms. The Labute approximate surface area is 139 Å². The number of amides is 1. The molecule has 0 unspecified atom stereocenters. The smallest absolute Gasteiger partial charge is 0.338 e. The second-order valence-electron chi connectivity index (χ2n) is 5.70. The van der Waals surface area contributed by atoms with Gasteiger partial charge in [-0.25, -0.2) is 4.79 Å². The van der Waals surface area contributed by atoms with E-state index in [2.05, 4.69) is 5.32 Å². The van der Waals surface area contributed by atoms with Crippen molar-refractivity contribution in [1.29, 1.82) is 0 Å². The van der Waals surface area contributed by atoms with Crippen LogP contribution in [0.1, 0.15) is 39.6 Å². The van der Waals surface area contributed by atoms with Gasteiger partial charge in [-0.1, -0.05) is 30.3 Å². The van der Waals surface area contributed by atoms with Crippen LogP contribution in [-0.2, 0) is 16.0 Å². The molecule has 0 saturated heterocycles. The van der Waals surface area contributed by atoms with Gasteiger partial charge in [0.1, 0.15) is 0 Å². The molecule has 3 rings (SSSR count). The SMILES string of the molecule is C[C@@H](OC(=O)c1ccc2c(c1)CCC(=O)N2)C(=O)c1ccccc1. The first-order chi connectivity index (χ1) is 11.5. The summed E-state index contributed by atoms with van der Waals surface area (Å²) in [7, 11) is 0. The van der Waals surface area contributed by atoms with Gasteiger partial charge in [-0.15, -0.1) is 0 Å². The molecule has 2 aromatic rings. The van der Waals surface area contributed by atoms with Crippen molar-refractivity contribution >= 4 is 23.3 Å². The van der Waals surface area contributed by atoms with Gasteiger partial charge < -0.3 is 10.1 Å². The van der Waals surface area contributed by atoms with Gasteiger partial charge in [-0.2, -0.15) is 0 Å². The first kappa shape index (κ1) is 15.9. The number of fused-ring (bicyclic) bond motifs is 1. The van der Waals surface area contributed by atoms with Crippen LogP contribution in [0.25, 0.3) is 0 Å². The van der Waals surface area contributed by atoms with E-state index in [1.807, 2.05) is 6.07 Å². The number of nitrogens with one attached hydrogen (secondary N) is 1. The summed E-state index contributed by atoms with van der Waals surface area (Å²) in [5.74, 6) is -0.819. The molecule has 0 spiro atoms. The van der Waals surface area contributed by atoms with E-state index in [0.717, 1.165) is 11.3 Å². The van der Waals surface area contributed by atoms with Crippen LogP contribution < -0.4 is 5.32 Å². The molecule has 122 valence electrons. The first-order valence-electron chi connectivity index (χ1n) is 7.77. The Morgan fingerprint density at radius 2 is 1.79 bits per heavy atom. The van der Waals surface area contributed by atoms with Crippen LogP contribution in [0.3, 0.4) is 0 Å². The molecule has 1 N–H and O–H groups in total. The highest BCUT2D eigenvalue weighted by Gasteiger charge is 2.22. The number of esters is 1. The summed E-state index contributed by atoms with van der Waals surface area (Å²) in [6, 6.07) is 13.7. The van der Waals surface area contributed by atoms with Crippen LogP contribution in [-0.4, -0.2) is 23.8 Å². The van der Waals surface area contributed by atoms with Gasteiger partial charge in [-0.3, -0.25) is 9.59 Å². The van der Waals surface area contributed by atoms with Crippen molar-refractivity contribution in [3.8, 4) is 0 Å². The molecule has 0 aromatic heterocycles. The van der Waals surface area contributed by atoms with Crippen LogP contribution in [0.2, 0.25) is 0 Å². The van der Waals surface area contributed by atoms with Gasteiger partial charge in [0.05, 0.1) is 5.56 Å². The van der Waals surface area contributed by atoms with E-state index in [0.29, 0.717) is 24.0 Å². The van der Waals surface area contributed by atoms with Gasteiger partial charge in [-0.05, 0) is 37.1 Å². The van der Waals surface area contributed by atoms with Crippen molar-refractivity contribution < 1.29 is 19.1 Å². The quantitative estimate of drug-likeness (QED) is 0.693. The molecule has 1 amide bonds. The Kier molecular flexibility index (Phi) is 4.42. The van der Waals surface area contributed by atoms with Gasteiger partial charge in [0.15, 0.2) is 6.10 Å². The number of anilines is 1. The zero-order valence-electron chi connectivity index (χ0n) is 13.2. The maximum atomic E-state index is 12.3. The molecule has 1 heterocycles. The number of rotatable bonds is 4. The van der Waals surface area contributed by atoms with E-state index >= 15 is 0 Å². The molecule has 0 fully saturated rings. The van der Waals surface area contributed by atoms with Crippen molar-refractivity contribution in [2.24, 2.45) is 0 Å². The van der Waals surface area contributed by atoms with E-state index < -0.39 is 12.1 Å². The van der Waals surface area contributed by atoms with Crippen molar-refractivity contribution in [2.45, 2.75) is 25.9 Å². The van der Waals surface area contributed by atoms with Crippen LogP contribution in [0.15, 0.2) is 48.5 Å². The maximum Gasteiger partial charge on any atom is 0.338 e. The zero-order chi connectivity index (χ0) is 17.1. The Bertz CT molecular complexity index is 798. The predicted octanol–water partition coefficient (Wildman–Crippen LogP) is 3.00. The standard InChI is InChI=1S/C19H17NO4/c1-12(18(22)13-5-3-2-4-6-13)24-19(23)15-7-9-16-14(11-15)8-10-17(21)20-16/h2-7,9,11-12H,8,10H2,1H3,(H,20,21)/t12-/m1/s1. The van der Waals surface area contributed by atoms with Crippen LogP contribution in [0.5, 0.6) is 0 Å². The summed E-state index contributed by atoms with van der Waals surface area (Å²) in [5, 5.41) is 2.76. The fourth-order valence-corrected chi connectivity index (χ4v) is 2.63. The predicted molar refractivity (Wildman–Crippen MR) is 89.0 cm³/mol. The molecule has 0 aliphatic carbocycles. The number of hydrogen-bond donors (Lipinski definition) is 1. The monoisotopic (exact) mass is 323 g/mol. The second-order valence-corrected chi connectivity index (χ2v) is 5.70. The molecule has 0 saturated carbocycles. The summed E-state index contributed by atoms with van der Waals surface area (Å²) in [6.45, 7) is 1.56. The van der Waals surface area contributed by atoms with E-state index in [1.165, 1.54) is 0 Å². The molecule has 1 aliphatic heterocycles. The Morgan fingerprint density at radius 3 is 2.54 bits per heavy atom. The highest BCUT2D eigenvalue weighted by Crippen LogP contribution is 2.24. The van der Waals surface area contributed by atoms with Crippen molar-refractivity contribution in [1.82, 2.24) is 0 Å². The highest BCUT2D eigenvalue weighted by molar-refractivity contribution is 6.01. The number of ether oxygens (including phenoxy) is 1. The third-order valence-corrected chi connectivity index (χ3v) is 3.95. The average molecular weight is 323 g/mol. The lowest BCUT2D eigenvalue weighted by Crippen LogP contribution is -2.25. The first-order valence-corrected chi connectivity index (χ1v) is 7.77. The minimum atomic E-state index is -0.865. The average Bonchev–Trinajstić information content (AvgIpc) is 2.61. The fraction of sp³-hybridized carbons (Fsp3) is 0.211. The zero-order valence-corrected chi connectivity index (χ0v) is 13.2. The lowest BCUT2D eigenvalue weighted by atomic mass is 10.0.